The molecular weight excluding hydrogens is 568 g/mol. The normalized spacial score (nSPS) is 53.8. The van der Waals surface area contributed by atoms with E-state index < -0.39 is 123 Å². The first-order valence-corrected chi connectivity index (χ1v) is 13.9. The Morgan fingerprint density at radius 3 is 1.45 bits per heavy atom. The molecule has 42 heavy (non-hydrogen) atoms. The third kappa shape index (κ3) is 6.60. The van der Waals surface area contributed by atoms with Crippen LogP contribution in [0.3, 0.4) is 0 Å². The van der Waals surface area contributed by atoms with E-state index in [1.165, 1.54) is 0 Å². The SMILES string of the molecule is NC[C@@H]1O[C@H](O[C@H]2[C@@H](O[C@@H]3O[C@H](CO)[C@@H](O[C@H]4O[C@@H](CN)[C@@H](O)[C@@H](O)[C@H]4N)[C@H]3O)[C@@H](O)[C@@H](N)C[C@H]2N)[C@H](N)[C@@H](O)[C@@H]1O. The van der Waals surface area contributed by atoms with Crippen molar-refractivity contribution in [2.45, 2.75) is 123 Å². The zero-order chi connectivity index (χ0) is 31.0. The van der Waals surface area contributed by atoms with Crippen molar-refractivity contribution in [2.24, 2.45) is 34.4 Å². The molecule has 246 valence electrons. The molecule has 0 amide bonds. The minimum absolute atomic E-state index is 0.0889. The molecule has 0 aromatic heterocycles. The van der Waals surface area contributed by atoms with E-state index in [9.17, 15) is 35.7 Å². The van der Waals surface area contributed by atoms with Gasteiger partial charge in [0.05, 0.1) is 24.8 Å². The summed E-state index contributed by atoms with van der Waals surface area (Å²) in [6.45, 7) is -0.967. The van der Waals surface area contributed by atoms with Crippen LogP contribution in [0.2, 0.25) is 0 Å². The van der Waals surface area contributed by atoms with Gasteiger partial charge in [-0.15, -0.1) is 0 Å². The third-order valence-electron chi connectivity index (χ3n) is 8.37. The predicted octanol–water partition coefficient (Wildman–Crippen LogP) is -8.90. The fourth-order valence-corrected chi connectivity index (χ4v) is 5.74. The second-order valence-electron chi connectivity index (χ2n) is 11.2. The zero-order valence-electron chi connectivity index (χ0n) is 22.8. The Labute approximate surface area is 241 Å². The van der Waals surface area contributed by atoms with Gasteiger partial charge in [-0.3, -0.25) is 0 Å². The first-order valence-electron chi connectivity index (χ1n) is 13.9. The van der Waals surface area contributed by atoms with Crippen molar-refractivity contribution in [3.05, 3.63) is 0 Å². The van der Waals surface area contributed by atoms with E-state index in [1.54, 1.807) is 0 Å². The number of ether oxygens (including phenoxy) is 6. The van der Waals surface area contributed by atoms with Crippen LogP contribution >= 0.6 is 0 Å². The van der Waals surface area contributed by atoms with Crippen molar-refractivity contribution in [2.75, 3.05) is 19.7 Å². The summed E-state index contributed by atoms with van der Waals surface area (Å²) in [5.41, 5.74) is 35.6. The predicted molar refractivity (Wildman–Crippen MR) is 138 cm³/mol. The summed E-state index contributed by atoms with van der Waals surface area (Å²) < 4.78 is 34.6. The molecule has 4 rings (SSSR count). The molecule has 4 fully saturated rings. The first-order chi connectivity index (χ1) is 19.8. The Balaban J connectivity index is 1.50. The molecule has 1 saturated carbocycles. The Bertz CT molecular complexity index is 868. The van der Waals surface area contributed by atoms with Gasteiger partial charge in [0.25, 0.3) is 0 Å². The second-order valence-corrected chi connectivity index (χ2v) is 11.2. The van der Waals surface area contributed by atoms with Gasteiger partial charge in [-0.25, -0.2) is 0 Å². The summed E-state index contributed by atoms with van der Waals surface area (Å²) in [4.78, 5) is 0. The van der Waals surface area contributed by atoms with Crippen LogP contribution in [-0.2, 0) is 28.4 Å². The molecule has 19 nitrogen and oxygen atoms in total. The lowest BCUT2D eigenvalue weighted by Crippen LogP contribution is -2.68. The van der Waals surface area contributed by atoms with E-state index in [-0.39, 0.29) is 19.5 Å². The van der Waals surface area contributed by atoms with Crippen LogP contribution in [-0.4, -0.2) is 172 Å². The molecule has 0 aromatic carbocycles. The zero-order valence-corrected chi connectivity index (χ0v) is 22.8. The van der Waals surface area contributed by atoms with Gasteiger partial charge in [-0.05, 0) is 6.42 Å². The van der Waals surface area contributed by atoms with E-state index in [2.05, 4.69) is 0 Å². The smallest absolute Gasteiger partial charge is 0.187 e. The van der Waals surface area contributed by atoms with E-state index in [0.717, 1.165) is 0 Å². The Hall–Kier alpha value is -0.760. The minimum Gasteiger partial charge on any atom is -0.394 e. The van der Waals surface area contributed by atoms with Gasteiger partial charge in [-0.2, -0.15) is 0 Å². The number of aliphatic hydroxyl groups is 7. The molecule has 4 aliphatic rings. The van der Waals surface area contributed by atoms with Gasteiger partial charge in [0.15, 0.2) is 18.9 Å². The van der Waals surface area contributed by atoms with E-state index >= 15 is 0 Å². The largest absolute Gasteiger partial charge is 0.394 e. The van der Waals surface area contributed by atoms with Crippen LogP contribution in [0.4, 0.5) is 0 Å². The van der Waals surface area contributed by atoms with Crippen LogP contribution in [0.25, 0.3) is 0 Å². The molecule has 19 heteroatoms. The average molecular weight is 615 g/mol. The quantitative estimate of drug-likeness (QED) is 0.115. The molecule has 0 aromatic rings. The summed E-state index contributed by atoms with van der Waals surface area (Å²) in [5.74, 6) is 0. The monoisotopic (exact) mass is 614 g/mol. The maximum Gasteiger partial charge on any atom is 0.187 e. The van der Waals surface area contributed by atoms with Crippen molar-refractivity contribution in [1.29, 1.82) is 0 Å². The average Bonchev–Trinajstić information content (AvgIpc) is 3.27. The first kappa shape index (κ1) is 34.1. The van der Waals surface area contributed by atoms with Crippen LogP contribution in [0.5, 0.6) is 0 Å². The molecule has 19 atom stereocenters. The lowest BCUT2D eigenvalue weighted by atomic mass is 9.84. The molecule has 19 N–H and O–H groups in total. The highest BCUT2D eigenvalue weighted by atomic mass is 16.8. The molecule has 0 spiro atoms. The van der Waals surface area contributed by atoms with Gasteiger partial charge in [0.1, 0.15) is 67.1 Å². The molecular formula is C23H46N6O13. The van der Waals surface area contributed by atoms with Crippen LogP contribution in [0, 0.1) is 0 Å². The summed E-state index contributed by atoms with van der Waals surface area (Å²) in [6.07, 6.45) is -19.8. The van der Waals surface area contributed by atoms with Gasteiger partial charge >= 0.3 is 0 Å². The molecule has 3 saturated heterocycles. The fraction of sp³-hybridized carbons (Fsp3) is 1.00. The van der Waals surface area contributed by atoms with Crippen molar-refractivity contribution in [3.8, 4) is 0 Å². The van der Waals surface area contributed by atoms with Crippen LogP contribution < -0.4 is 34.4 Å². The van der Waals surface area contributed by atoms with Crippen LogP contribution in [0.1, 0.15) is 6.42 Å². The van der Waals surface area contributed by atoms with Crippen LogP contribution in [0.15, 0.2) is 0 Å². The Morgan fingerprint density at radius 2 is 0.976 bits per heavy atom. The van der Waals surface area contributed by atoms with Crippen molar-refractivity contribution in [1.82, 2.24) is 0 Å². The Morgan fingerprint density at radius 1 is 0.524 bits per heavy atom. The maximum atomic E-state index is 11.1. The topological polar surface area (TPSA) is 353 Å². The summed E-state index contributed by atoms with van der Waals surface area (Å²) in [5, 5.41) is 73.0. The van der Waals surface area contributed by atoms with E-state index in [4.69, 9.17) is 62.8 Å². The maximum absolute atomic E-state index is 11.1. The number of rotatable bonds is 9. The number of nitrogens with two attached hydrogens (primary N) is 6. The summed E-state index contributed by atoms with van der Waals surface area (Å²) in [7, 11) is 0. The molecule has 0 bridgehead atoms. The van der Waals surface area contributed by atoms with Gasteiger partial charge in [0.2, 0.25) is 0 Å². The highest BCUT2D eigenvalue weighted by Crippen LogP contribution is 2.34. The molecule has 1 aliphatic carbocycles. The standard InChI is InChI=1S/C23H46N6O13/c24-2-7-13(32)15(34)10(28)21(37-7)40-18-6(27)1-5(26)12(31)20(18)42-23-17(36)19(9(4-30)39-23)41-22-11(29)16(35)14(33)8(3-25)38-22/h5-23,30-36H,1-4,24-29H2/t5-,6+,7-,8-,9+,10+,11+,12-,13+,14+,15+,16-,17+,18+,19+,20-,21+,22+,23-/m0/s1. The highest BCUT2D eigenvalue weighted by molar-refractivity contribution is 5.02. The minimum atomic E-state index is -1.60. The number of aliphatic hydroxyl groups excluding tert-OH is 7. The molecule has 3 aliphatic heterocycles. The van der Waals surface area contributed by atoms with E-state index in [0.29, 0.717) is 0 Å². The lowest BCUT2D eigenvalue weighted by Gasteiger charge is -2.47. The van der Waals surface area contributed by atoms with Gasteiger partial charge < -0.3 is 98.6 Å². The van der Waals surface area contributed by atoms with Crippen molar-refractivity contribution >= 4 is 0 Å². The second kappa shape index (κ2) is 14.1. The van der Waals surface area contributed by atoms with Gasteiger partial charge in [-0.1, -0.05) is 0 Å². The summed E-state index contributed by atoms with van der Waals surface area (Å²) >= 11 is 0. The third-order valence-corrected chi connectivity index (χ3v) is 8.37. The fourth-order valence-electron chi connectivity index (χ4n) is 5.74. The molecule has 0 radical (unpaired) electrons. The lowest BCUT2D eigenvalue weighted by molar-refractivity contribution is -0.306. The molecule has 0 unspecified atom stereocenters. The number of hydrogen-bond donors (Lipinski definition) is 13. The van der Waals surface area contributed by atoms with Crippen molar-refractivity contribution < 1.29 is 64.2 Å². The Kier molecular flexibility index (Phi) is 11.5. The summed E-state index contributed by atoms with van der Waals surface area (Å²) in [6, 6.07) is -4.18. The number of hydrogen-bond acceptors (Lipinski definition) is 19. The van der Waals surface area contributed by atoms with E-state index in [1.807, 2.05) is 0 Å². The van der Waals surface area contributed by atoms with Gasteiger partial charge in [0, 0.05) is 25.2 Å². The molecule has 3 heterocycles. The van der Waals surface area contributed by atoms with Crippen molar-refractivity contribution in [3.63, 3.8) is 0 Å². The highest BCUT2D eigenvalue weighted by Gasteiger charge is 2.54.